The van der Waals surface area contributed by atoms with E-state index in [1.165, 1.54) is 0 Å². The molecule has 0 aliphatic heterocycles. The molecule has 0 unspecified atom stereocenters. The molecule has 28 heavy (non-hydrogen) atoms. The van der Waals surface area contributed by atoms with Gasteiger partial charge in [-0.05, 0) is 42.0 Å². The third-order valence-corrected chi connectivity index (χ3v) is 5.33. The van der Waals surface area contributed by atoms with Crippen molar-refractivity contribution in [2.45, 2.75) is 5.75 Å². The Morgan fingerprint density at radius 3 is 2.43 bits per heavy atom. The van der Waals surface area contributed by atoms with Crippen LogP contribution < -0.4 is 14.9 Å². The third kappa shape index (κ3) is 5.58. The molecule has 3 aromatic rings. The lowest BCUT2D eigenvalue weighted by Crippen LogP contribution is -2.15. The van der Waals surface area contributed by atoms with Crippen LogP contribution in [0.15, 0.2) is 60.8 Å². The van der Waals surface area contributed by atoms with Gasteiger partial charge in [0.25, 0.3) is 0 Å². The summed E-state index contributed by atoms with van der Waals surface area (Å²) < 4.78 is 27.3. The van der Waals surface area contributed by atoms with E-state index >= 15 is 0 Å². The average Bonchev–Trinajstić information content (AvgIpc) is 2.63. The van der Waals surface area contributed by atoms with Gasteiger partial charge in [0.1, 0.15) is 0 Å². The summed E-state index contributed by atoms with van der Waals surface area (Å²) in [6, 6.07) is 15.5. The SMILES string of the molecule is CN(C)c1cnnc(Nc2ccc(NS(=O)(=O)Cc3cccc(Cl)c3)cc2)c1. The molecule has 7 nitrogen and oxygen atoms in total. The molecule has 0 fully saturated rings. The van der Waals surface area contributed by atoms with Crippen LogP contribution in [0.1, 0.15) is 5.56 Å². The number of anilines is 4. The maximum absolute atomic E-state index is 12.4. The molecular weight excluding hydrogens is 398 g/mol. The van der Waals surface area contributed by atoms with Crippen molar-refractivity contribution in [2.75, 3.05) is 29.0 Å². The molecule has 0 amide bonds. The van der Waals surface area contributed by atoms with Crippen LogP contribution >= 0.6 is 11.6 Å². The van der Waals surface area contributed by atoms with Crippen LogP contribution in [0.3, 0.4) is 0 Å². The zero-order valence-electron chi connectivity index (χ0n) is 15.4. The first kappa shape index (κ1) is 19.9. The Bertz CT molecular complexity index is 1060. The molecular formula is C19H20ClN5O2S. The van der Waals surface area contributed by atoms with E-state index in [1.54, 1.807) is 54.7 Å². The lowest BCUT2D eigenvalue weighted by atomic mass is 10.2. The fourth-order valence-electron chi connectivity index (χ4n) is 2.49. The van der Waals surface area contributed by atoms with Gasteiger partial charge in [0.2, 0.25) is 10.0 Å². The van der Waals surface area contributed by atoms with E-state index in [2.05, 4.69) is 20.2 Å². The lowest BCUT2D eigenvalue weighted by Gasteiger charge is -2.13. The Morgan fingerprint density at radius 2 is 1.75 bits per heavy atom. The zero-order valence-corrected chi connectivity index (χ0v) is 17.0. The predicted molar refractivity (Wildman–Crippen MR) is 114 cm³/mol. The monoisotopic (exact) mass is 417 g/mol. The smallest absolute Gasteiger partial charge is 0.236 e. The Morgan fingerprint density at radius 1 is 1.04 bits per heavy atom. The van der Waals surface area contributed by atoms with E-state index in [9.17, 15) is 8.42 Å². The normalized spacial score (nSPS) is 11.1. The number of benzene rings is 2. The highest BCUT2D eigenvalue weighted by Crippen LogP contribution is 2.21. The summed E-state index contributed by atoms with van der Waals surface area (Å²) in [6.45, 7) is 0. The van der Waals surface area contributed by atoms with Gasteiger partial charge in [0.05, 0.1) is 17.6 Å². The molecule has 0 aliphatic carbocycles. The highest BCUT2D eigenvalue weighted by Gasteiger charge is 2.12. The minimum absolute atomic E-state index is 0.152. The number of nitrogens with one attached hydrogen (secondary N) is 2. The topological polar surface area (TPSA) is 87.2 Å². The summed E-state index contributed by atoms with van der Waals surface area (Å²) >= 11 is 5.91. The second kappa shape index (κ2) is 8.45. The molecule has 0 spiro atoms. The lowest BCUT2D eigenvalue weighted by molar-refractivity contribution is 0.600. The van der Waals surface area contributed by atoms with E-state index in [-0.39, 0.29) is 5.75 Å². The van der Waals surface area contributed by atoms with Gasteiger partial charge in [-0.25, -0.2) is 8.42 Å². The van der Waals surface area contributed by atoms with E-state index in [0.717, 1.165) is 11.4 Å². The van der Waals surface area contributed by atoms with Crippen molar-refractivity contribution in [3.63, 3.8) is 0 Å². The number of rotatable bonds is 7. The summed E-state index contributed by atoms with van der Waals surface area (Å²) in [5.41, 5.74) is 2.78. The van der Waals surface area contributed by atoms with Crippen molar-refractivity contribution in [2.24, 2.45) is 0 Å². The van der Waals surface area contributed by atoms with E-state index in [1.807, 2.05) is 25.1 Å². The van der Waals surface area contributed by atoms with Crippen molar-refractivity contribution in [3.8, 4) is 0 Å². The summed E-state index contributed by atoms with van der Waals surface area (Å²) in [4.78, 5) is 1.93. The largest absolute Gasteiger partial charge is 0.376 e. The van der Waals surface area contributed by atoms with Gasteiger partial charge in [-0.15, -0.1) is 5.10 Å². The predicted octanol–water partition coefficient (Wildman–Crippen LogP) is 3.88. The molecule has 0 atom stereocenters. The summed E-state index contributed by atoms with van der Waals surface area (Å²) in [5.74, 6) is 0.445. The number of aromatic nitrogens is 2. The van der Waals surface area contributed by atoms with Gasteiger partial charge >= 0.3 is 0 Å². The molecule has 0 radical (unpaired) electrons. The average molecular weight is 418 g/mol. The Hall–Kier alpha value is -2.84. The number of nitrogens with zero attached hydrogens (tertiary/aromatic N) is 3. The van der Waals surface area contributed by atoms with Crippen LogP contribution in [0.25, 0.3) is 0 Å². The molecule has 146 valence electrons. The van der Waals surface area contributed by atoms with Crippen molar-refractivity contribution >= 4 is 44.5 Å². The maximum atomic E-state index is 12.4. The van der Waals surface area contributed by atoms with Crippen LogP contribution in [0, 0.1) is 0 Å². The second-order valence-corrected chi connectivity index (χ2v) is 8.55. The van der Waals surface area contributed by atoms with Crippen molar-refractivity contribution in [3.05, 3.63) is 71.4 Å². The fourth-order valence-corrected chi connectivity index (χ4v) is 3.89. The molecule has 2 aromatic carbocycles. The molecule has 1 aromatic heterocycles. The summed E-state index contributed by atoms with van der Waals surface area (Å²) in [7, 11) is 0.295. The molecule has 0 aliphatic rings. The van der Waals surface area contributed by atoms with Gasteiger partial charge < -0.3 is 10.2 Å². The van der Waals surface area contributed by atoms with Crippen LogP contribution in [0.5, 0.6) is 0 Å². The Kier molecular flexibility index (Phi) is 6.01. The van der Waals surface area contributed by atoms with Gasteiger partial charge in [-0.1, -0.05) is 23.7 Å². The minimum Gasteiger partial charge on any atom is -0.376 e. The first-order valence-electron chi connectivity index (χ1n) is 8.43. The molecule has 0 bridgehead atoms. The van der Waals surface area contributed by atoms with E-state index in [0.29, 0.717) is 22.1 Å². The molecule has 3 rings (SSSR count). The summed E-state index contributed by atoms with van der Waals surface area (Å²) in [6.07, 6.45) is 1.67. The van der Waals surface area contributed by atoms with Crippen LogP contribution in [-0.2, 0) is 15.8 Å². The molecule has 0 saturated heterocycles. The fraction of sp³-hybridized carbons (Fsp3) is 0.158. The third-order valence-electron chi connectivity index (χ3n) is 3.83. The van der Waals surface area contributed by atoms with Crippen molar-refractivity contribution in [1.82, 2.24) is 10.2 Å². The van der Waals surface area contributed by atoms with Crippen molar-refractivity contribution in [1.29, 1.82) is 0 Å². The van der Waals surface area contributed by atoms with Gasteiger partial charge in [-0.3, -0.25) is 4.72 Å². The highest BCUT2D eigenvalue weighted by atomic mass is 35.5. The van der Waals surface area contributed by atoms with Crippen LogP contribution in [0.4, 0.5) is 22.9 Å². The maximum Gasteiger partial charge on any atom is 0.236 e. The molecule has 9 heteroatoms. The van der Waals surface area contributed by atoms with Gasteiger partial charge in [0, 0.05) is 36.6 Å². The molecule has 2 N–H and O–H groups in total. The molecule has 1 heterocycles. The number of halogens is 1. The summed E-state index contributed by atoms with van der Waals surface area (Å²) in [5, 5.41) is 11.6. The standard InChI is InChI=1S/C19H20ClN5O2S/c1-25(2)18-11-19(23-21-12-18)22-16-6-8-17(9-7-16)24-28(26,27)13-14-4-3-5-15(20)10-14/h3-12,24H,13H2,1-2H3,(H,22,23). The van der Waals surface area contributed by atoms with E-state index in [4.69, 9.17) is 11.6 Å². The number of sulfonamides is 1. The van der Waals surface area contributed by atoms with Crippen molar-refractivity contribution < 1.29 is 8.42 Å². The molecule has 0 saturated carbocycles. The van der Waals surface area contributed by atoms with Crippen LogP contribution in [-0.4, -0.2) is 32.7 Å². The number of hydrogen-bond donors (Lipinski definition) is 2. The first-order chi connectivity index (χ1) is 13.3. The van der Waals surface area contributed by atoms with E-state index < -0.39 is 10.0 Å². The Labute approximate surface area is 169 Å². The first-order valence-corrected chi connectivity index (χ1v) is 10.5. The second-order valence-electron chi connectivity index (χ2n) is 6.39. The van der Waals surface area contributed by atoms with Gasteiger partial charge in [-0.2, -0.15) is 5.10 Å². The number of hydrogen-bond acceptors (Lipinski definition) is 6. The van der Waals surface area contributed by atoms with Crippen LogP contribution in [0.2, 0.25) is 5.02 Å². The van der Waals surface area contributed by atoms with Gasteiger partial charge in [0.15, 0.2) is 5.82 Å². The zero-order chi connectivity index (χ0) is 20.1. The quantitative estimate of drug-likeness (QED) is 0.606. The Balaban J connectivity index is 1.66. The highest BCUT2D eigenvalue weighted by molar-refractivity contribution is 7.91. The minimum atomic E-state index is -3.55.